The summed E-state index contributed by atoms with van der Waals surface area (Å²) in [6.45, 7) is 5.49. The molecule has 0 aromatic heterocycles. The predicted molar refractivity (Wildman–Crippen MR) is 95.8 cm³/mol. The third-order valence-electron chi connectivity index (χ3n) is 3.55. The molecule has 1 aromatic carbocycles. The Balaban J connectivity index is 2.13. The molecular formula is C15H21Cl2NS2. The summed E-state index contributed by atoms with van der Waals surface area (Å²) in [5.41, 5.74) is 1.15. The second-order valence-electron chi connectivity index (χ2n) is 5.02. The van der Waals surface area contributed by atoms with E-state index < -0.39 is 0 Å². The summed E-state index contributed by atoms with van der Waals surface area (Å²) in [5, 5.41) is 6.53. The first-order chi connectivity index (χ1) is 9.61. The Morgan fingerprint density at radius 3 is 2.75 bits per heavy atom. The van der Waals surface area contributed by atoms with Crippen molar-refractivity contribution in [2.45, 2.75) is 36.8 Å². The fourth-order valence-corrected chi connectivity index (χ4v) is 5.94. The molecule has 0 aliphatic carbocycles. The standard InChI is InChI=1S/C15H21Cl2NS2/c1-3-18-14(15-10(2)19-6-7-20-15)9-11-8-12(16)4-5-13(11)17/h4-5,8,10,14-15,18H,3,6-7,9H2,1-2H3. The van der Waals surface area contributed by atoms with Crippen LogP contribution in [0.25, 0.3) is 0 Å². The van der Waals surface area contributed by atoms with Crippen molar-refractivity contribution < 1.29 is 0 Å². The minimum Gasteiger partial charge on any atom is -0.313 e. The van der Waals surface area contributed by atoms with Crippen molar-refractivity contribution in [3.05, 3.63) is 33.8 Å². The van der Waals surface area contributed by atoms with Gasteiger partial charge in [0.25, 0.3) is 0 Å². The Labute approximate surface area is 140 Å². The fourth-order valence-electron chi connectivity index (χ4n) is 2.60. The average Bonchev–Trinajstić information content (AvgIpc) is 2.43. The van der Waals surface area contributed by atoms with E-state index in [4.69, 9.17) is 23.2 Å². The van der Waals surface area contributed by atoms with E-state index >= 15 is 0 Å². The lowest BCUT2D eigenvalue weighted by Crippen LogP contribution is -2.45. The smallest absolute Gasteiger partial charge is 0.0439 e. The molecule has 1 aromatic rings. The van der Waals surface area contributed by atoms with Crippen LogP contribution in [0.3, 0.4) is 0 Å². The molecule has 1 fully saturated rings. The van der Waals surface area contributed by atoms with Crippen molar-refractivity contribution in [3.8, 4) is 0 Å². The van der Waals surface area contributed by atoms with Crippen molar-refractivity contribution in [1.29, 1.82) is 0 Å². The monoisotopic (exact) mass is 349 g/mol. The highest BCUT2D eigenvalue weighted by Gasteiger charge is 2.30. The van der Waals surface area contributed by atoms with Crippen molar-refractivity contribution in [2.24, 2.45) is 0 Å². The van der Waals surface area contributed by atoms with Gasteiger partial charge in [-0.05, 0) is 36.7 Å². The summed E-state index contributed by atoms with van der Waals surface area (Å²) in [6.07, 6.45) is 0.940. The molecule has 1 nitrogen and oxygen atoms in total. The zero-order valence-corrected chi connectivity index (χ0v) is 15.0. The van der Waals surface area contributed by atoms with Gasteiger partial charge in [-0.15, -0.1) is 0 Å². The molecule has 1 N–H and O–H groups in total. The van der Waals surface area contributed by atoms with E-state index in [1.54, 1.807) is 0 Å². The van der Waals surface area contributed by atoms with Gasteiger partial charge >= 0.3 is 0 Å². The lowest BCUT2D eigenvalue weighted by molar-refractivity contribution is 0.501. The van der Waals surface area contributed by atoms with Gasteiger partial charge < -0.3 is 5.32 Å². The molecule has 5 heteroatoms. The van der Waals surface area contributed by atoms with Crippen LogP contribution in [0.15, 0.2) is 18.2 Å². The molecule has 0 bridgehead atoms. The van der Waals surface area contributed by atoms with E-state index in [0.717, 1.165) is 28.6 Å². The van der Waals surface area contributed by atoms with Crippen LogP contribution in [0.1, 0.15) is 19.4 Å². The summed E-state index contributed by atoms with van der Waals surface area (Å²) in [4.78, 5) is 0. The summed E-state index contributed by atoms with van der Waals surface area (Å²) >= 11 is 16.6. The molecule has 0 radical (unpaired) electrons. The van der Waals surface area contributed by atoms with Gasteiger partial charge in [0, 0.05) is 38.1 Å². The second kappa shape index (κ2) is 8.19. The summed E-state index contributed by atoms with van der Waals surface area (Å²) < 4.78 is 0. The first-order valence-corrected chi connectivity index (χ1v) is 9.87. The number of nitrogens with one attached hydrogen (secondary N) is 1. The first kappa shape index (κ1) is 16.8. The molecule has 1 aliphatic heterocycles. The minimum atomic E-state index is 0.448. The van der Waals surface area contributed by atoms with Crippen molar-refractivity contribution in [2.75, 3.05) is 18.1 Å². The van der Waals surface area contributed by atoms with Gasteiger partial charge in [-0.2, -0.15) is 23.5 Å². The Hall–Kier alpha value is 0.460. The van der Waals surface area contributed by atoms with Crippen molar-refractivity contribution in [1.82, 2.24) is 5.32 Å². The predicted octanol–water partition coefficient (Wildman–Crippen LogP) is 4.75. The van der Waals surface area contributed by atoms with E-state index in [9.17, 15) is 0 Å². The highest BCUT2D eigenvalue weighted by atomic mass is 35.5. The molecule has 3 atom stereocenters. The number of likely N-dealkylation sites (N-methyl/N-ethyl adjacent to an activating group) is 1. The van der Waals surface area contributed by atoms with Crippen molar-refractivity contribution in [3.63, 3.8) is 0 Å². The molecule has 20 heavy (non-hydrogen) atoms. The number of hydrogen-bond acceptors (Lipinski definition) is 3. The molecule has 1 saturated heterocycles. The van der Waals surface area contributed by atoms with Crippen LogP contribution in [0.5, 0.6) is 0 Å². The van der Waals surface area contributed by atoms with Crippen LogP contribution in [-0.4, -0.2) is 34.6 Å². The molecule has 2 rings (SSSR count). The third-order valence-corrected chi connectivity index (χ3v) is 7.40. The largest absolute Gasteiger partial charge is 0.313 e. The van der Waals surface area contributed by atoms with Gasteiger partial charge in [-0.1, -0.05) is 37.0 Å². The zero-order chi connectivity index (χ0) is 14.5. The molecule has 0 amide bonds. The molecule has 1 heterocycles. The Morgan fingerprint density at radius 2 is 2.05 bits per heavy atom. The maximum atomic E-state index is 6.32. The van der Waals surface area contributed by atoms with Crippen LogP contribution in [-0.2, 0) is 6.42 Å². The van der Waals surface area contributed by atoms with Crippen LogP contribution < -0.4 is 5.32 Å². The number of hydrogen-bond donors (Lipinski definition) is 1. The maximum Gasteiger partial charge on any atom is 0.0439 e. The number of rotatable bonds is 5. The zero-order valence-electron chi connectivity index (χ0n) is 11.9. The normalized spacial score (nSPS) is 24.6. The van der Waals surface area contributed by atoms with Gasteiger partial charge in [-0.25, -0.2) is 0 Å². The highest BCUT2D eigenvalue weighted by Crippen LogP contribution is 2.34. The van der Waals surface area contributed by atoms with E-state index in [1.165, 1.54) is 11.5 Å². The van der Waals surface area contributed by atoms with Gasteiger partial charge in [-0.3, -0.25) is 0 Å². The summed E-state index contributed by atoms with van der Waals surface area (Å²) in [7, 11) is 0. The van der Waals surface area contributed by atoms with Gasteiger partial charge in [0.05, 0.1) is 0 Å². The average molecular weight is 350 g/mol. The van der Waals surface area contributed by atoms with Gasteiger partial charge in [0.15, 0.2) is 0 Å². The topological polar surface area (TPSA) is 12.0 Å². The summed E-state index contributed by atoms with van der Waals surface area (Å²) in [6, 6.07) is 6.20. The van der Waals surface area contributed by atoms with Crippen LogP contribution >= 0.6 is 46.7 Å². The van der Waals surface area contributed by atoms with Crippen LogP contribution in [0, 0.1) is 0 Å². The van der Waals surface area contributed by atoms with Gasteiger partial charge in [0.1, 0.15) is 0 Å². The molecule has 0 saturated carbocycles. The second-order valence-corrected chi connectivity index (χ2v) is 8.63. The first-order valence-electron chi connectivity index (χ1n) is 7.02. The van der Waals surface area contributed by atoms with Crippen LogP contribution in [0.2, 0.25) is 10.0 Å². The Bertz CT molecular complexity index is 442. The number of benzene rings is 1. The molecule has 1 aliphatic rings. The minimum absolute atomic E-state index is 0.448. The van der Waals surface area contributed by atoms with E-state index in [1.807, 2.05) is 18.2 Å². The molecule has 112 valence electrons. The number of halogens is 2. The van der Waals surface area contributed by atoms with E-state index in [0.29, 0.717) is 16.5 Å². The quantitative estimate of drug-likeness (QED) is 0.823. The molecular weight excluding hydrogens is 329 g/mol. The molecule has 0 spiro atoms. The van der Waals surface area contributed by atoms with Crippen molar-refractivity contribution >= 4 is 46.7 Å². The molecule has 3 unspecified atom stereocenters. The Kier molecular flexibility index (Phi) is 6.89. The lowest BCUT2D eigenvalue weighted by atomic mass is 10.0. The van der Waals surface area contributed by atoms with Gasteiger partial charge in [0.2, 0.25) is 0 Å². The Morgan fingerprint density at radius 1 is 1.30 bits per heavy atom. The number of thioether (sulfide) groups is 2. The van der Waals surface area contributed by atoms with Crippen LogP contribution in [0.4, 0.5) is 0 Å². The highest BCUT2D eigenvalue weighted by molar-refractivity contribution is 8.07. The lowest BCUT2D eigenvalue weighted by Gasteiger charge is -2.35. The fraction of sp³-hybridized carbons (Fsp3) is 0.600. The summed E-state index contributed by atoms with van der Waals surface area (Å²) in [5.74, 6) is 2.50. The third kappa shape index (κ3) is 4.48. The SMILES string of the molecule is CCNC(Cc1cc(Cl)ccc1Cl)C1SCCSC1C. The van der Waals surface area contributed by atoms with E-state index in [-0.39, 0.29) is 0 Å². The maximum absolute atomic E-state index is 6.32. The van der Waals surface area contributed by atoms with E-state index in [2.05, 4.69) is 42.7 Å².